The molecule has 0 bridgehead atoms. The molecule has 0 saturated carbocycles. The van der Waals surface area contributed by atoms with Crippen LogP contribution in [0.15, 0.2) is 12.1 Å². The van der Waals surface area contributed by atoms with E-state index < -0.39 is 12.0 Å². The van der Waals surface area contributed by atoms with Gasteiger partial charge < -0.3 is 30.0 Å². The Morgan fingerprint density at radius 1 is 1.10 bits per heavy atom. The Morgan fingerprint density at radius 2 is 1.67 bits per heavy atom. The first-order chi connectivity index (χ1) is 10.0. The maximum atomic E-state index is 11.9. The summed E-state index contributed by atoms with van der Waals surface area (Å²) in [5.41, 5.74) is 5.13. The Kier molecular flexibility index (Phi) is 6.12. The van der Waals surface area contributed by atoms with Gasteiger partial charge in [0.2, 0.25) is 5.75 Å². The minimum Gasteiger partial charge on any atom is -0.493 e. The molecular weight excluding hydrogens is 280 g/mol. The number of rotatable bonds is 7. The van der Waals surface area contributed by atoms with Crippen LogP contribution in [0, 0.1) is 0 Å². The van der Waals surface area contributed by atoms with E-state index in [9.17, 15) is 9.59 Å². The lowest BCUT2D eigenvalue weighted by molar-refractivity contribution is 0.0509. The minimum absolute atomic E-state index is 0.00155. The van der Waals surface area contributed by atoms with Crippen LogP contribution in [0.5, 0.6) is 17.2 Å². The van der Waals surface area contributed by atoms with Crippen molar-refractivity contribution in [3.63, 3.8) is 0 Å². The third-order valence-electron chi connectivity index (χ3n) is 2.53. The Labute approximate surface area is 122 Å². The number of hydrogen-bond acceptors (Lipinski definition) is 6. The van der Waals surface area contributed by atoms with Crippen molar-refractivity contribution in [3.8, 4) is 17.2 Å². The highest BCUT2D eigenvalue weighted by atomic mass is 16.5. The highest BCUT2D eigenvalue weighted by molar-refractivity contribution is 5.91. The summed E-state index contributed by atoms with van der Waals surface area (Å²) in [5.74, 6) is 0.491. The number of hydrogen-bond donors (Lipinski definition) is 2. The van der Waals surface area contributed by atoms with E-state index >= 15 is 0 Å². The van der Waals surface area contributed by atoms with Gasteiger partial charge in [0, 0.05) is 0 Å². The molecule has 116 valence electrons. The van der Waals surface area contributed by atoms with Crippen LogP contribution in [0.2, 0.25) is 0 Å². The molecule has 0 spiro atoms. The first kappa shape index (κ1) is 16.4. The Morgan fingerprint density at radius 3 is 2.10 bits per heavy atom. The maximum absolute atomic E-state index is 11.9. The Hall–Kier alpha value is -2.64. The summed E-state index contributed by atoms with van der Waals surface area (Å²) in [6.07, 6.45) is 0. The third-order valence-corrected chi connectivity index (χ3v) is 2.53. The van der Waals surface area contributed by atoms with E-state index in [2.05, 4.69) is 5.32 Å². The molecule has 8 nitrogen and oxygen atoms in total. The molecule has 0 aliphatic rings. The van der Waals surface area contributed by atoms with Gasteiger partial charge in [-0.05, 0) is 12.1 Å². The molecule has 0 saturated heterocycles. The molecule has 0 aromatic heterocycles. The molecule has 1 aromatic carbocycles. The second-order valence-corrected chi connectivity index (χ2v) is 3.84. The van der Waals surface area contributed by atoms with E-state index in [4.69, 9.17) is 24.7 Å². The Balaban J connectivity index is 2.82. The van der Waals surface area contributed by atoms with E-state index in [1.54, 1.807) is 0 Å². The number of urea groups is 1. The van der Waals surface area contributed by atoms with Crippen molar-refractivity contribution >= 4 is 12.0 Å². The highest BCUT2D eigenvalue weighted by Gasteiger charge is 2.17. The van der Waals surface area contributed by atoms with Gasteiger partial charge in [0.05, 0.1) is 33.4 Å². The van der Waals surface area contributed by atoms with Crippen LogP contribution in [0.3, 0.4) is 0 Å². The predicted molar refractivity (Wildman–Crippen MR) is 74.0 cm³/mol. The first-order valence-electron chi connectivity index (χ1n) is 6.04. The molecule has 0 radical (unpaired) electrons. The van der Waals surface area contributed by atoms with Crippen molar-refractivity contribution in [1.29, 1.82) is 0 Å². The summed E-state index contributed by atoms with van der Waals surface area (Å²) < 4.78 is 20.4. The molecule has 2 amide bonds. The summed E-state index contributed by atoms with van der Waals surface area (Å²) in [7, 11) is 4.36. The standard InChI is InChI=1S/C13H18N2O6/c1-18-9-6-8(7-10(19-2)11(9)20-3)12(16)21-5-4-15-13(14)17/h6-7H,4-5H2,1-3H3,(H3,14,15,17). The zero-order valence-corrected chi connectivity index (χ0v) is 12.1. The van der Waals surface area contributed by atoms with Gasteiger partial charge >= 0.3 is 12.0 Å². The van der Waals surface area contributed by atoms with Crippen molar-refractivity contribution < 1.29 is 28.5 Å². The van der Waals surface area contributed by atoms with Gasteiger partial charge in [-0.15, -0.1) is 0 Å². The summed E-state index contributed by atoms with van der Waals surface area (Å²) in [5, 5.41) is 2.31. The normalized spacial score (nSPS) is 9.67. The van der Waals surface area contributed by atoms with Gasteiger partial charge in [-0.2, -0.15) is 0 Å². The van der Waals surface area contributed by atoms with Crippen molar-refractivity contribution in [3.05, 3.63) is 17.7 Å². The van der Waals surface area contributed by atoms with Crippen LogP contribution in [0.4, 0.5) is 4.79 Å². The van der Waals surface area contributed by atoms with Gasteiger partial charge in [0.15, 0.2) is 11.5 Å². The number of esters is 1. The van der Waals surface area contributed by atoms with E-state index in [-0.39, 0.29) is 18.7 Å². The van der Waals surface area contributed by atoms with Gasteiger partial charge in [0.1, 0.15) is 6.61 Å². The van der Waals surface area contributed by atoms with Crippen LogP contribution >= 0.6 is 0 Å². The summed E-state index contributed by atoms with van der Waals surface area (Å²) >= 11 is 0. The fourth-order valence-corrected chi connectivity index (χ4v) is 1.60. The van der Waals surface area contributed by atoms with Crippen molar-refractivity contribution in [1.82, 2.24) is 5.32 Å². The average Bonchev–Trinajstić information content (AvgIpc) is 2.49. The van der Waals surface area contributed by atoms with Crippen LogP contribution < -0.4 is 25.3 Å². The minimum atomic E-state index is -0.682. The number of nitrogens with one attached hydrogen (secondary N) is 1. The van der Waals surface area contributed by atoms with E-state index in [1.807, 2.05) is 0 Å². The van der Waals surface area contributed by atoms with Crippen molar-refractivity contribution in [2.24, 2.45) is 5.73 Å². The number of primary amides is 1. The number of nitrogens with two attached hydrogens (primary N) is 1. The largest absolute Gasteiger partial charge is 0.493 e. The quantitative estimate of drug-likeness (QED) is 0.561. The number of carbonyl (C=O) groups excluding carboxylic acids is 2. The third kappa shape index (κ3) is 4.44. The van der Waals surface area contributed by atoms with E-state index in [0.717, 1.165) is 0 Å². The number of methoxy groups -OCH3 is 3. The lowest BCUT2D eigenvalue weighted by atomic mass is 10.2. The maximum Gasteiger partial charge on any atom is 0.338 e. The van der Waals surface area contributed by atoms with Gasteiger partial charge in [0.25, 0.3) is 0 Å². The SMILES string of the molecule is COc1cc(C(=O)OCCNC(N)=O)cc(OC)c1OC. The molecule has 0 aliphatic carbocycles. The van der Waals surface area contributed by atoms with E-state index in [0.29, 0.717) is 17.2 Å². The lowest BCUT2D eigenvalue weighted by Crippen LogP contribution is -2.32. The molecule has 3 N–H and O–H groups in total. The highest BCUT2D eigenvalue weighted by Crippen LogP contribution is 2.38. The van der Waals surface area contributed by atoms with Gasteiger partial charge in [-0.3, -0.25) is 0 Å². The van der Waals surface area contributed by atoms with Crippen LogP contribution in [0.1, 0.15) is 10.4 Å². The zero-order chi connectivity index (χ0) is 15.8. The smallest absolute Gasteiger partial charge is 0.338 e. The van der Waals surface area contributed by atoms with Crippen LogP contribution in [-0.4, -0.2) is 46.5 Å². The monoisotopic (exact) mass is 298 g/mol. The molecule has 0 heterocycles. The summed E-state index contributed by atoms with van der Waals surface area (Å²) in [6, 6.07) is 2.27. The van der Waals surface area contributed by atoms with Crippen molar-refractivity contribution in [2.75, 3.05) is 34.5 Å². The zero-order valence-electron chi connectivity index (χ0n) is 12.1. The number of carbonyl (C=O) groups is 2. The fraction of sp³-hybridized carbons (Fsp3) is 0.385. The first-order valence-corrected chi connectivity index (χ1v) is 6.04. The number of ether oxygens (including phenoxy) is 4. The average molecular weight is 298 g/mol. The summed E-state index contributed by atoms with van der Waals surface area (Å²) in [6.45, 7) is 0.129. The molecule has 0 fully saturated rings. The second-order valence-electron chi connectivity index (χ2n) is 3.84. The van der Waals surface area contributed by atoms with E-state index in [1.165, 1.54) is 33.5 Å². The van der Waals surface area contributed by atoms with Crippen LogP contribution in [0.25, 0.3) is 0 Å². The molecular formula is C13H18N2O6. The molecule has 0 unspecified atom stereocenters. The van der Waals surface area contributed by atoms with Gasteiger partial charge in [-0.25, -0.2) is 9.59 Å². The second kappa shape index (κ2) is 7.83. The predicted octanol–water partition coefficient (Wildman–Crippen LogP) is 0.537. The molecule has 1 aromatic rings. The van der Waals surface area contributed by atoms with Gasteiger partial charge in [-0.1, -0.05) is 0 Å². The number of amides is 2. The lowest BCUT2D eigenvalue weighted by Gasteiger charge is -2.13. The number of benzene rings is 1. The van der Waals surface area contributed by atoms with Crippen molar-refractivity contribution in [2.45, 2.75) is 0 Å². The molecule has 1 rings (SSSR count). The summed E-state index contributed by atoms with van der Waals surface area (Å²) in [4.78, 5) is 22.4. The molecule has 0 aliphatic heterocycles. The van der Waals surface area contributed by atoms with Crippen LogP contribution in [-0.2, 0) is 4.74 Å². The fourth-order valence-electron chi connectivity index (χ4n) is 1.60. The molecule has 21 heavy (non-hydrogen) atoms. The Bertz CT molecular complexity index is 492. The molecule has 8 heteroatoms. The molecule has 0 atom stereocenters. The topological polar surface area (TPSA) is 109 Å².